The van der Waals surface area contributed by atoms with Gasteiger partial charge < -0.3 is 5.11 Å². The second-order valence-electron chi connectivity index (χ2n) is 4.11. The fourth-order valence-corrected chi connectivity index (χ4v) is 2.97. The van der Waals surface area contributed by atoms with E-state index in [9.17, 15) is 5.11 Å². The van der Waals surface area contributed by atoms with E-state index in [1.54, 1.807) is 11.3 Å². The summed E-state index contributed by atoms with van der Waals surface area (Å²) in [4.78, 5) is 2.37. The van der Waals surface area contributed by atoms with Gasteiger partial charge >= 0.3 is 0 Å². The first kappa shape index (κ1) is 12.3. The standard InChI is InChI=1S/C15H18OS/c1-3-11-7-5-6-8-13(11)15(16)14-10-9-12(4-2)17-14/h5-10,15-16H,3-4H2,1-2H3. The van der Waals surface area contributed by atoms with Gasteiger partial charge in [0.25, 0.3) is 0 Å². The van der Waals surface area contributed by atoms with Crippen LogP contribution in [0.15, 0.2) is 36.4 Å². The van der Waals surface area contributed by atoms with Crippen LogP contribution in [0, 0.1) is 0 Å². The molecule has 90 valence electrons. The van der Waals surface area contributed by atoms with Crippen molar-refractivity contribution in [2.45, 2.75) is 32.8 Å². The number of thiophene rings is 1. The van der Waals surface area contributed by atoms with Crippen LogP contribution in [0.2, 0.25) is 0 Å². The molecule has 1 aromatic heterocycles. The van der Waals surface area contributed by atoms with Crippen LogP contribution in [0.4, 0.5) is 0 Å². The summed E-state index contributed by atoms with van der Waals surface area (Å²) in [6.07, 6.45) is 1.52. The van der Waals surface area contributed by atoms with E-state index >= 15 is 0 Å². The molecule has 1 heterocycles. The molecule has 17 heavy (non-hydrogen) atoms. The molecule has 2 aromatic rings. The highest BCUT2D eigenvalue weighted by Crippen LogP contribution is 2.30. The van der Waals surface area contributed by atoms with Gasteiger partial charge in [0.1, 0.15) is 6.10 Å². The molecule has 0 aliphatic carbocycles. The molecular formula is C15H18OS. The Morgan fingerprint density at radius 1 is 1.06 bits per heavy atom. The topological polar surface area (TPSA) is 20.2 Å². The average molecular weight is 246 g/mol. The summed E-state index contributed by atoms with van der Waals surface area (Å²) in [5.74, 6) is 0. The van der Waals surface area contributed by atoms with E-state index in [1.165, 1.54) is 10.4 Å². The molecule has 0 aliphatic rings. The minimum absolute atomic E-state index is 0.476. The fraction of sp³-hybridized carbons (Fsp3) is 0.333. The third-order valence-corrected chi connectivity index (χ3v) is 4.31. The molecule has 0 bridgehead atoms. The lowest BCUT2D eigenvalue weighted by molar-refractivity contribution is 0.223. The maximum atomic E-state index is 10.4. The molecule has 1 nitrogen and oxygen atoms in total. The molecule has 1 N–H and O–H groups in total. The first-order chi connectivity index (χ1) is 8.26. The quantitative estimate of drug-likeness (QED) is 0.866. The van der Waals surface area contributed by atoms with Gasteiger partial charge in [0.15, 0.2) is 0 Å². The predicted octanol–water partition coefficient (Wildman–Crippen LogP) is 3.95. The SMILES string of the molecule is CCc1ccc(C(O)c2ccccc2CC)s1. The number of benzene rings is 1. The number of aryl methyl sites for hydroxylation is 2. The number of hydrogen-bond acceptors (Lipinski definition) is 2. The highest BCUT2D eigenvalue weighted by atomic mass is 32.1. The van der Waals surface area contributed by atoms with Gasteiger partial charge in [-0.3, -0.25) is 0 Å². The second kappa shape index (κ2) is 5.48. The van der Waals surface area contributed by atoms with Gasteiger partial charge in [-0.2, -0.15) is 0 Å². The Balaban J connectivity index is 2.32. The maximum Gasteiger partial charge on any atom is 0.113 e. The average Bonchev–Trinajstić information content (AvgIpc) is 2.86. The highest BCUT2D eigenvalue weighted by Gasteiger charge is 2.15. The van der Waals surface area contributed by atoms with Crippen molar-refractivity contribution in [3.8, 4) is 0 Å². The third kappa shape index (κ3) is 2.59. The van der Waals surface area contributed by atoms with Gasteiger partial charge in [-0.05, 0) is 36.1 Å². The summed E-state index contributed by atoms with van der Waals surface area (Å²) in [5, 5.41) is 10.4. The molecule has 0 radical (unpaired) electrons. The molecule has 1 atom stereocenters. The molecule has 0 amide bonds. The number of aliphatic hydroxyl groups is 1. The zero-order chi connectivity index (χ0) is 12.3. The van der Waals surface area contributed by atoms with Gasteiger partial charge in [-0.25, -0.2) is 0 Å². The Bertz CT molecular complexity index is 487. The molecular weight excluding hydrogens is 228 g/mol. The lowest BCUT2D eigenvalue weighted by atomic mass is 10.00. The lowest BCUT2D eigenvalue weighted by Gasteiger charge is -2.13. The molecule has 0 saturated heterocycles. The molecule has 0 saturated carbocycles. The van der Waals surface area contributed by atoms with Crippen molar-refractivity contribution in [3.05, 3.63) is 57.3 Å². The van der Waals surface area contributed by atoms with Gasteiger partial charge in [0.05, 0.1) is 0 Å². The van der Waals surface area contributed by atoms with E-state index in [1.807, 2.05) is 24.3 Å². The van der Waals surface area contributed by atoms with Gasteiger partial charge in [0.2, 0.25) is 0 Å². The zero-order valence-corrected chi connectivity index (χ0v) is 11.1. The van der Waals surface area contributed by atoms with Crippen LogP contribution >= 0.6 is 11.3 Å². The van der Waals surface area contributed by atoms with Crippen LogP contribution in [0.5, 0.6) is 0 Å². The summed E-state index contributed by atoms with van der Waals surface area (Å²) in [6, 6.07) is 12.3. The van der Waals surface area contributed by atoms with Crippen molar-refractivity contribution in [1.82, 2.24) is 0 Å². The number of aliphatic hydroxyl groups excluding tert-OH is 1. The highest BCUT2D eigenvalue weighted by molar-refractivity contribution is 7.12. The normalized spacial score (nSPS) is 12.6. The molecule has 0 aliphatic heterocycles. The van der Waals surface area contributed by atoms with Crippen LogP contribution in [-0.4, -0.2) is 5.11 Å². The smallest absolute Gasteiger partial charge is 0.113 e. The van der Waals surface area contributed by atoms with Crippen molar-refractivity contribution in [3.63, 3.8) is 0 Å². The summed E-state index contributed by atoms with van der Waals surface area (Å²) >= 11 is 1.71. The Kier molecular flexibility index (Phi) is 3.97. The molecule has 1 unspecified atom stereocenters. The maximum absolute atomic E-state index is 10.4. The first-order valence-corrected chi connectivity index (χ1v) is 6.92. The van der Waals surface area contributed by atoms with E-state index in [2.05, 4.69) is 26.0 Å². The molecule has 0 spiro atoms. The van der Waals surface area contributed by atoms with Crippen LogP contribution in [0.1, 0.15) is 40.8 Å². The summed E-state index contributed by atoms with van der Waals surface area (Å²) in [6.45, 7) is 4.26. The summed E-state index contributed by atoms with van der Waals surface area (Å²) in [7, 11) is 0. The second-order valence-corrected chi connectivity index (χ2v) is 5.31. The minimum Gasteiger partial charge on any atom is -0.383 e. The van der Waals surface area contributed by atoms with E-state index in [0.717, 1.165) is 23.3 Å². The summed E-state index contributed by atoms with van der Waals surface area (Å²) in [5.41, 5.74) is 2.27. The molecule has 0 fully saturated rings. The van der Waals surface area contributed by atoms with Gasteiger partial charge in [-0.15, -0.1) is 11.3 Å². The Labute approximate surface area is 107 Å². The van der Waals surface area contributed by atoms with Crippen molar-refractivity contribution in [2.75, 3.05) is 0 Å². The largest absolute Gasteiger partial charge is 0.383 e. The van der Waals surface area contributed by atoms with Crippen molar-refractivity contribution < 1.29 is 5.11 Å². The lowest BCUT2D eigenvalue weighted by Crippen LogP contribution is -2.01. The Morgan fingerprint density at radius 3 is 2.47 bits per heavy atom. The molecule has 1 aromatic carbocycles. The van der Waals surface area contributed by atoms with Crippen LogP contribution in [0.25, 0.3) is 0 Å². The van der Waals surface area contributed by atoms with Gasteiger partial charge in [-0.1, -0.05) is 38.1 Å². The van der Waals surface area contributed by atoms with Crippen molar-refractivity contribution in [1.29, 1.82) is 0 Å². The number of rotatable bonds is 4. The summed E-state index contributed by atoms with van der Waals surface area (Å²) < 4.78 is 0. The fourth-order valence-electron chi connectivity index (χ4n) is 2.01. The van der Waals surface area contributed by atoms with E-state index in [-0.39, 0.29) is 0 Å². The monoisotopic (exact) mass is 246 g/mol. The molecule has 2 heteroatoms. The number of hydrogen-bond donors (Lipinski definition) is 1. The predicted molar refractivity (Wildman–Crippen MR) is 73.6 cm³/mol. The van der Waals surface area contributed by atoms with E-state index in [4.69, 9.17) is 0 Å². The van der Waals surface area contributed by atoms with Crippen LogP contribution < -0.4 is 0 Å². The zero-order valence-electron chi connectivity index (χ0n) is 10.3. The van der Waals surface area contributed by atoms with Gasteiger partial charge in [0, 0.05) is 9.75 Å². The molecule has 2 rings (SSSR count). The van der Waals surface area contributed by atoms with E-state index in [0.29, 0.717) is 0 Å². The first-order valence-electron chi connectivity index (χ1n) is 6.10. The minimum atomic E-state index is -0.476. The Morgan fingerprint density at radius 2 is 1.82 bits per heavy atom. The third-order valence-electron chi connectivity index (χ3n) is 3.03. The van der Waals surface area contributed by atoms with E-state index < -0.39 is 6.10 Å². The van der Waals surface area contributed by atoms with Crippen LogP contribution in [0.3, 0.4) is 0 Å². The van der Waals surface area contributed by atoms with Crippen molar-refractivity contribution in [2.24, 2.45) is 0 Å². The van der Waals surface area contributed by atoms with Crippen LogP contribution in [-0.2, 0) is 12.8 Å². The Hall–Kier alpha value is -1.12. The van der Waals surface area contributed by atoms with Crippen molar-refractivity contribution >= 4 is 11.3 Å².